The van der Waals surface area contributed by atoms with Gasteiger partial charge in [0.05, 0.1) is 6.61 Å². The normalized spacial score (nSPS) is 12.0. The molecule has 0 aromatic heterocycles. The Morgan fingerprint density at radius 1 is 1.54 bits per heavy atom. The zero-order chi connectivity index (χ0) is 10.3. The summed E-state index contributed by atoms with van der Waals surface area (Å²) in [6.45, 7) is 5.93. The third kappa shape index (κ3) is 5.15. The standard InChI is InChI=1S/C9H15NO3/c1-4-13-9(12)8(10-6-11)5-7(2)3/h7-8H,4-5H2,1-3H3/t8-/m0/s1. The lowest BCUT2D eigenvalue weighted by Gasteiger charge is -2.11. The molecule has 0 aliphatic rings. The van der Waals surface area contributed by atoms with E-state index < -0.39 is 12.0 Å². The van der Waals surface area contributed by atoms with Crippen LogP contribution in [-0.2, 0) is 14.3 Å². The average molecular weight is 185 g/mol. The van der Waals surface area contributed by atoms with Crippen LogP contribution in [0.25, 0.3) is 0 Å². The molecule has 0 heterocycles. The fraction of sp³-hybridized carbons (Fsp3) is 0.778. The van der Waals surface area contributed by atoms with Crippen molar-refractivity contribution in [3.63, 3.8) is 0 Å². The third-order valence-electron chi connectivity index (χ3n) is 1.46. The van der Waals surface area contributed by atoms with Crippen LogP contribution in [0.1, 0.15) is 27.2 Å². The number of carbonyl (C=O) groups excluding carboxylic acids is 2. The molecule has 0 aromatic rings. The van der Waals surface area contributed by atoms with Crippen LogP contribution in [-0.4, -0.2) is 24.7 Å². The Kier molecular flexibility index (Phi) is 5.81. The van der Waals surface area contributed by atoms with Gasteiger partial charge in [-0.15, -0.1) is 0 Å². The Balaban J connectivity index is 4.23. The van der Waals surface area contributed by atoms with Crippen LogP contribution < -0.4 is 0 Å². The lowest BCUT2D eigenvalue weighted by molar-refractivity contribution is -0.144. The molecule has 0 saturated carbocycles. The predicted octanol–water partition coefficient (Wildman–Crippen LogP) is 1.30. The summed E-state index contributed by atoms with van der Waals surface area (Å²) >= 11 is 0. The molecule has 0 unspecified atom stereocenters. The molecule has 4 heteroatoms. The Morgan fingerprint density at radius 3 is 2.54 bits per heavy atom. The number of ether oxygens (including phenoxy) is 1. The first-order valence-corrected chi connectivity index (χ1v) is 4.35. The highest BCUT2D eigenvalue weighted by Gasteiger charge is 2.19. The molecular weight excluding hydrogens is 170 g/mol. The van der Waals surface area contributed by atoms with Crippen molar-refractivity contribution in [3.05, 3.63) is 0 Å². The summed E-state index contributed by atoms with van der Waals surface area (Å²) in [4.78, 5) is 24.6. The lowest BCUT2D eigenvalue weighted by atomic mass is 10.0. The Bertz CT molecular complexity index is 207. The second-order valence-electron chi connectivity index (χ2n) is 3.12. The summed E-state index contributed by atoms with van der Waals surface area (Å²) in [6, 6.07) is -0.683. The van der Waals surface area contributed by atoms with E-state index in [2.05, 4.69) is 4.99 Å². The molecule has 0 bridgehead atoms. The molecule has 0 aromatic carbocycles. The number of aliphatic imine (C=N–C) groups is 1. The van der Waals surface area contributed by atoms with Crippen molar-refractivity contribution in [1.82, 2.24) is 0 Å². The number of esters is 1. The number of hydrogen-bond acceptors (Lipinski definition) is 4. The molecule has 0 rings (SSSR count). The van der Waals surface area contributed by atoms with Gasteiger partial charge in [0.2, 0.25) is 6.08 Å². The SMILES string of the molecule is CCOC(=O)[C@H](CC(C)C)N=C=O. The van der Waals surface area contributed by atoms with Crippen molar-refractivity contribution < 1.29 is 14.3 Å². The van der Waals surface area contributed by atoms with Crippen molar-refractivity contribution in [1.29, 1.82) is 0 Å². The van der Waals surface area contributed by atoms with Crippen molar-refractivity contribution in [2.75, 3.05) is 6.61 Å². The first kappa shape index (κ1) is 11.8. The van der Waals surface area contributed by atoms with Crippen molar-refractivity contribution in [2.45, 2.75) is 33.2 Å². The molecular formula is C9H15NO3. The Morgan fingerprint density at radius 2 is 2.15 bits per heavy atom. The van der Waals surface area contributed by atoms with E-state index >= 15 is 0 Å². The van der Waals surface area contributed by atoms with E-state index in [-0.39, 0.29) is 0 Å². The summed E-state index contributed by atoms with van der Waals surface area (Å²) in [6.07, 6.45) is 1.91. The molecule has 0 spiro atoms. The van der Waals surface area contributed by atoms with Gasteiger partial charge in [-0.2, -0.15) is 4.99 Å². The van der Waals surface area contributed by atoms with Gasteiger partial charge in [-0.1, -0.05) is 13.8 Å². The molecule has 1 atom stereocenters. The van der Waals surface area contributed by atoms with E-state index in [1.807, 2.05) is 13.8 Å². The van der Waals surface area contributed by atoms with Crippen molar-refractivity contribution in [3.8, 4) is 0 Å². The zero-order valence-corrected chi connectivity index (χ0v) is 8.24. The van der Waals surface area contributed by atoms with Gasteiger partial charge in [-0.05, 0) is 19.3 Å². The van der Waals surface area contributed by atoms with Gasteiger partial charge in [0.1, 0.15) is 0 Å². The molecule has 0 N–H and O–H groups in total. The molecule has 13 heavy (non-hydrogen) atoms. The molecule has 0 radical (unpaired) electrons. The van der Waals surface area contributed by atoms with Gasteiger partial charge in [-0.25, -0.2) is 9.59 Å². The molecule has 0 aliphatic carbocycles. The monoisotopic (exact) mass is 185 g/mol. The van der Waals surface area contributed by atoms with Crippen LogP contribution in [0, 0.1) is 5.92 Å². The minimum atomic E-state index is -0.683. The van der Waals surface area contributed by atoms with Crippen molar-refractivity contribution in [2.24, 2.45) is 10.9 Å². The average Bonchev–Trinajstić information content (AvgIpc) is 2.03. The number of isocyanates is 1. The maximum atomic E-state index is 11.2. The second kappa shape index (κ2) is 6.38. The van der Waals surface area contributed by atoms with E-state index in [0.29, 0.717) is 18.9 Å². The minimum Gasteiger partial charge on any atom is -0.464 e. The first-order valence-electron chi connectivity index (χ1n) is 4.35. The van der Waals surface area contributed by atoms with Gasteiger partial charge >= 0.3 is 5.97 Å². The highest BCUT2D eigenvalue weighted by Crippen LogP contribution is 2.09. The highest BCUT2D eigenvalue weighted by molar-refractivity contribution is 5.76. The van der Waals surface area contributed by atoms with Crippen LogP contribution in [0.3, 0.4) is 0 Å². The van der Waals surface area contributed by atoms with Gasteiger partial charge in [0.25, 0.3) is 0 Å². The third-order valence-corrected chi connectivity index (χ3v) is 1.46. The predicted molar refractivity (Wildman–Crippen MR) is 48.0 cm³/mol. The fourth-order valence-corrected chi connectivity index (χ4v) is 0.950. The van der Waals surface area contributed by atoms with E-state index in [1.165, 1.54) is 6.08 Å². The molecule has 0 fully saturated rings. The summed E-state index contributed by atoms with van der Waals surface area (Å²) in [5, 5.41) is 0. The van der Waals surface area contributed by atoms with Crippen LogP contribution in [0.4, 0.5) is 0 Å². The highest BCUT2D eigenvalue weighted by atomic mass is 16.5. The maximum Gasteiger partial charge on any atom is 0.331 e. The van der Waals surface area contributed by atoms with Gasteiger partial charge in [-0.3, -0.25) is 0 Å². The molecule has 0 saturated heterocycles. The van der Waals surface area contributed by atoms with Gasteiger partial charge in [0, 0.05) is 0 Å². The smallest absolute Gasteiger partial charge is 0.331 e. The van der Waals surface area contributed by atoms with Gasteiger partial charge in [0.15, 0.2) is 6.04 Å². The Labute approximate surface area is 78.0 Å². The van der Waals surface area contributed by atoms with E-state index in [9.17, 15) is 9.59 Å². The maximum absolute atomic E-state index is 11.2. The molecule has 0 aliphatic heterocycles. The summed E-state index contributed by atoms with van der Waals surface area (Å²) < 4.78 is 4.75. The minimum absolute atomic E-state index is 0.298. The fourth-order valence-electron chi connectivity index (χ4n) is 0.950. The van der Waals surface area contributed by atoms with Crippen LogP contribution in [0.2, 0.25) is 0 Å². The molecule has 0 amide bonds. The topological polar surface area (TPSA) is 55.7 Å². The first-order chi connectivity index (χ1) is 6.11. The number of hydrogen-bond donors (Lipinski definition) is 0. The van der Waals surface area contributed by atoms with Crippen molar-refractivity contribution >= 4 is 12.0 Å². The number of carbonyl (C=O) groups is 1. The molecule has 4 nitrogen and oxygen atoms in total. The molecule has 74 valence electrons. The zero-order valence-electron chi connectivity index (χ0n) is 8.24. The van der Waals surface area contributed by atoms with E-state index in [1.54, 1.807) is 6.92 Å². The van der Waals surface area contributed by atoms with Crippen LogP contribution >= 0.6 is 0 Å². The van der Waals surface area contributed by atoms with Crippen LogP contribution in [0.15, 0.2) is 4.99 Å². The largest absolute Gasteiger partial charge is 0.464 e. The summed E-state index contributed by atoms with van der Waals surface area (Å²) in [5.74, 6) is -0.147. The van der Waals surface area contributed by atoms with Crippen LogP contribution in [0.5, 0.6) is 0 Å². The number of nitrogens with zero attached hydrogens (tertiary/aromatic N) is 1. The van der Waals surface area contributed by atoms with Gasteiger partial charge < -0.3 is 4.74 Å². The summed E-state index contributed by atoms with van der Waals surface area (Å²) in [7, 11) is 0. The Hall–Kier alpha value is -1.15. The van der Waals surface area contributed by atoms with E-state index in [0.717, 1.165) is 0 Å². The lowest BCUT2D eigenvalue weighted by Crippen LogP contribution is -2.23. The van der Waals surface area contributed by atoms with E-state index in [4.69, 9.17) is 4.74 Å². The second-order valence-corrected chi connectivity index (χ2v) is 3.12. The number of rotatable bonds is 5. The quantitative estimate of drug-likeness (QED) is 0.368. The summed E-state index contributed by atoms with van der Waals surface area (Å²) in [5.41, 5.74) is 0.